The first kappa shape index (κ1) is 20.6. The van der Waals surface area contributed by atoms with Crippen molar-refractivity contribution in [3.63, 3.8) is 0 Å². The molecule has 3 heterocycles. The molecule has 5 rings (SSSR count). The lowest BCUT2D eigenvalue weighted by molar-refractivity contribution is 0.148. The molecule has 2 N–H and O–H groups in total. The number of benzene rings is 2. The first-order valence-corrected chi connectivity index (χ1v) is 11.1. The van der Waals surface area contributed by atoms with Crippen LogP contribution in [-0.2, 0) is 13.1 Å². The number of aromatic nitrogens is 3. The Balaban J connectivity index is 1.28. The molecule has 0 radical (unpaired) electrons. The van der Waals surface area contributed by atoms with Gasteiger partial charge in [-0.05, 0) is 43.3 Å². The largest absolute Gasteiger partial charge is 0.352 e. The molecule has 164 valence electrons. The number of nitrogens with one attached hydrogen (secondary N) is 2. The second kappa shape index (κ2) is 8.68. The van der Waals surface area contributed by atoms with E-state index in [1.54, 1.807) is 0 Å². The maximum Gasteiger partial charge on any atom is 0.261 e. The van der Waals surface area contributed by atoms with Crippen LogP contribution in [0.25, 0.3) is 21.9 Å². The molecule has 0 unspecified atom stereocenters. The van der Waals surface area contributed by atoms with E-state index in [0.717, 1.165) is 54.8 Å². The van der Waals surface area contributed by atoms with Gasteiger partial charge in [0, 0.05) is 44.7 Å². The molecule has 1 saturated heterocycles. The fourth-order valence-corrected chi connectivity index (χ4v) is 4.14. The summed E-state index contributed by atoms with van der Waals surface area (Å²) >= 11 is 0. The Morgan fingerprint density at radius 2 is 1.72 bits per heavy atom. The van der Waals surface area contributed by atoms with E-state index in [1.807, 2.05) is 31.2 Å². The van der Waals surface area contributed by atoms with Gasteiger partial charge in [-0.2, -0.15) is 4.98 Å². The standard InChI is InChI=1S/C25H28N6O/c1-17-3-8-22-20(13-17)14-21-23(27-22)28-25(29-24(21)32)26-15-18-4-6-19(7-5-18)16-31-11-9-30(2)10-12-31/h3-8,13-14H,9-12,15-16H2,1-2H3,(H2,26,27,28,29,32). The highest BCUT2D eigenvalue weighted by Gasteiger charge is 2.13. The van der Waals surface area contributed by atoms with Gasteiger partial charge in [-0.1, -0.05) is 35.9 Å². The van der Waals surface area contributed by atoms with Crippen molar-refractivity contribution in [1.29, 1.82) is 0 Å². The average Bonchev–Trinajstić information content (AvgIpc) is 2.79. The Hall–Kier alpha value is -3.29. The van der Waals surface area contributed by atoms with Crippen LogP contribution in [-0.4, -0.2) is 58.0 Å². The molecule has 2 aromatic carbocycles. The Morgan fingerprint density at radius 1 is 0.969 bits per heavy atom. The number of likely N-dealkylation sites (N-methyl/N-ethyl adjacent to an activating group) is 1. The van der Waals surface area contributed by atoms with E-state index in [-0.39, 0.29) is 5.56 Å². The molecule has 0 saturated carbocycles. The van der Waals surface area contributed by atoms with Crippen LogP contribution in [0.2, 0.25) is 0 Å². The Labute approximate surface area is 187 Å². The van der Waals surface area contributed by atoms with Crippen molar-refractivity contribution in [2.24, 2.45) is 0 Å². The number of anilines is 1. The number of fused-ring (bicyclic) bond motifs is 2. The van der Waals surface area contributed by atoms with Gasteiger partial charge in [0.25, 0.3) is 5.56 Å². The number of hydrogen-bond donors (Lipinski definition) is 2. The maximum absolute atomic E-state index is 12.6. The molecule has 1 aliphatic rings. The van der Waals surface area contributed by atoms with E-state index in [0.29, 0.717) is 23.5 Å². The Kier molecular flexibility index (Phi) is 5.59. The van der Waals surface area contributed by atoms with Crippen molar-refractivity contribution >= 4 is 27.9 Å². The van der Waals surface area contributed by atoms with Crippen LogP contribution >= 0.6 is 0 Å². The van der Waals surface area contributed by atoms with Crippen molar-refractivity contribution in [3.8, 4) is 0 Å². The zero-order valence-electron chi connectivity index (χ0n) is 18.6. The van der Waals surface area contributed by atoms with E-state index in [4.69, 9.17) is 0 Å². The van der Waals surface area contributed by atoms with E-state index >= 15 is 0 Å². The van der Waals surface area contributed by atoms with Gasteiger partial charge < -0.3 is 10.2 Å². The van der Waals surface area contributed by atoms with Crippen LogP contribution < -0.4 is 10.9 Å². The van der Waals surface area contributed by atoms with E-state index in [2.05, 4.69) is 61.4 Å². The number of aromatic amines is 1. The second-order valence-corrected chi connectivity index (χ2v) is 8.72. The van der Waals surface area contributed by atoms with Crippen LogP contribution in [0.3, 0.4) is 0 Å². The number of hydrogen-bond acceptors (Lipinski definition) is 6. The molecular weight excluding hydrogens is 400 g/mol. The third-order valence-corrected chi connectivity index (χ3v) is 6.13. The first-order chi connectivity index (χ1) is 15.5. The summed E-state index contributed by atoms with van der Waals surface area (Å²) in [6.45, 7) is 8.08. The molecule has 7 nitrogen and oxygen atoms in total. The van der Waals surface area contributed by atoms with E-state index in [9.17, 15) is 4.79 Å². The van der Waals surface area contributed by atoms with Crippen molar-refractivity contribution in [3.05, 3.63) is 75.6 Å². The summed E-state index contributed by atoms with van der Waals surface area (Å²) in [5, 5.41) is 4.68. The fraction of sp³-hybridized carbons (Fsp3) is 0.320. The summed E-state index contributed by atoms with van der Waals surface area (Å²) in [7, 11) is 2.18. The minimum atomic E-state index is -0.184. The van der Waals surface area contributed by atoms with Crippen molar-refractivity contribution in [2.45, 2.75) is 20.0 Å². The van der Waals surface area contributed by atoms with Gasteiger partial charge in [-0.3, -0.25) is 14.7 Å². The molecule has 0 aliphatic carbocycles. The molecule has 0 spiro atoms. The summed E-state index contributed by atoms with van der Waals surface area (Å²) in [5.41, 5.74) is 4.70. The van der Waals surface area contributed by atoms with Crippen LogP contribution in [0.15, 0.2) is 53.3 Å². The molecule has 4 aromatic rings. The van der Waals surface area contributed by atoms with Crippen LogP contribution in [0.4, 0.5) is 5.95 Å². The lowest BCUT2D eigenvalue weighted by Gasteiger charge is -2.32. The summed E-state index contributed by atoms with van der Waals surface area (Å²) in [6, 6.07) is 16.5. The fourth-order valence-electron chi connectivity index (χ4n) is 4.14. The van der Waals surface area contributed by atoms with Crippen molar-refractivity contribution in [1.82, 2.24) is 24.8 Å². The van der Waals surface area contributed by atoms with E-state index in [1.165, 1.54) is 5.56 Å². The lowest BCUT2D eigenvalue weighted by atomic mass is 10.1. The third-order valence-electron chi connectivity index (χ3n) is 6.13. The van der Waals surface area contributed by atoms with Gasteiger partial charge in [-0.25, -0.2) is 4.98 Å². The SMILES string of the molecule is Cc1ccc2nc3nc(NCc4ccc(CN5CCN(C)CC5)cc4)[nH]c(=O)c3cc2c1. The van der Waals surface area contributed by atoms with Gasteiger partial charge >= 0.3 is 0 Å². The van der Waals surface area contributed by atoms with Gasteiger partial charge in [-0.15, -0.1) is 0 Å². The second-order valence-electron chi connectivity index (χ2n) is 8.72. The zero-order valence-corrected chi connectivity index (χ0v) is 18.6. The average molecular weight is 429 g/mol. The number of pyridine rings is 1. The number of piperazine rings is 1. The highest BCUT2D eigenvalue weighted by Crippen LogP contribution is 2.18. The predicted octanol–water partition coefficient (Wildman–Crippen LogP) is 3.14. The predicted molar refractivity (Wildman–Crippen MR) is 129 cm³/mol. The van der Waals surface area contributed by atoms with Crippen molar-refractivity contribution in [2.75, 3.05) is 38.5 Å². The first-order valence-electron chi connectivity index (χ1n) is 11.1. The molecule has 0 atom stereocenters. The maximum atomic E-state index is 12.6. The van der Waals surface area contributed by atoms with Gasteiger partial charge in [0.2, 0.25) is 5.95 Å². The quantitative estimate of drug-likeness (QED) is 0.476. The topological polar surface area (TPSA) is 77.2 Å². The number of aryl methyl sites for hydroxylation is 1. The molecule has 0 bridgehead atoms. The normalized spacial score (nSPS) is 15.4. The number of rotatable bonds is 5. The lowest BCUT2D eigenvalue weighted by Crippen LogP contribution is -2.43. The third kappa shape index (κ3) is 4.49. The Bertz CT molecular complexity index is 1310. The van der Waals surface area contributed by atoms with Crippen molar-refractivity contribution < 1.29 is 0 Å². The van der Waals surface area contributed by atoms with Crippen LogP contribution in [0.5, 0.6) is 0 Å². The van der Waals surface area contributed by atoms with E-state index < -0.39 is 0 Å². The molecule has 7 heteroatoms. The molecule has 32 heavy (non-hydrogen) atoms. The van der Waals surface area contributed by atoms with Gasteiger partial charge in [0.15, 0.2) is 5.65 Å². The van der Waals surface area contributed by atoms with Crippen LogP contribution in [0, 0.1) is 6.92 Å². The van der Waals surface area contributed by atoms with Gasteiger partial charge in [0.05, 0.1) is 10.9 Å². The smallest absolute Gasteiger partial charge is 0.261 e. The Morgan fingerprint density at radius 3 is 2.50 bits per heavy atom. The highest BCUT2D eigenvalue weighted by molar-refractivity contribution is 5.91. The summed E-state index contributed by atoms with van der Waals surface area (Å²) in [4.78, 5) is 29.4. The molecule has 0 amide bonds. The van der Waals surface area contributed by atoms with Crippen LogP contribution in [0.1, 0.15) is 16.7 Å². The monoisotopic (exact) mass is 428 g/mol. The minimum absolute atomic E-state index is 0.184. The molecular formula is C25H28N6O. The number of H-pyrrole nitrogens is 1. The number of nitrogens with zero attached hydrogens (tertiary/aromatic N) is 4. The molecule has 1 aliphatic heterocycles. The summed E-state index contributed by atoms with van der Waals surface area (Å²) in [5.74, 6) is 0.433. The summed E-state index contributed by atoms with van der Waals surface area (Å²) in [6.07, 6.45) is 0. The summed E-state index contributed by atoms with van der Waals surface area (Å²) < 4.78 is 0. The zero-order chi connectivity index (χ0) is 22.1. The molecule has 1 fully saturated rings. The molecule has 2 aromatic heterocycles. The minimum Gasteiger partial charge on any atom is -0.352 e. The highest BCUT2D eigenvalue weighted by atomic mass is 16.1. The van der Waals surface area contributed by atoms with Gasteiger partial charge in [0.1, 0.15) is 0 Å².